The fraction of sp³-hybridized carbons (Fsp3) is 0.360. The first-order valence-electron chi connectivity index (χ1n) is 11.1. The number of fused-ring (bicyclic) bond motifs is 2. The quantitative estimate of drug-likeness (QED) is 0.570. The number of amides is 1. The van der Waals surface area contributed by atoms with E-state index in [9.17, 15) is 9.59 Å². The predicted octanol–water partition coefficient (Wildman–Crippen LogP) is 3.16. The molecule has 0 bridgehead atoms. The number of benzene rings is 2. The molecule has 0 unspecified atom stereocenters. The Hall–Kier alpha value is -3.32. The number of ketones is 1. The number of likely N-dealkylation sites (tertiary alicyclic amines) is 1. The molecular weight excluding hydrogens is 406 g/mol. The summed E-state index contributed by atoms with van der Waals surface area (Å²) >= 11 is 0. The Labute approximate surface area is 187 Å². The molecule has 1 saturated heterocycles. The van der Waals surface area contributed by atoms with Gasteiger partial charge in [-0.15, -0.1) is 0 Å². The van der Waals surface area contributed by atoms with Crippen LogP contribution in [-0.4, -0.2) is 56.0 Å². The Balaban J connectivity index is 1.63. The summed E-state index contributed by atoms with van der Waals surface area (Å²) in [5.74, 6) is 1.17. The topological polar surface area (TPSA) is 79.9 Å². The maximum absolute atomic E-state index is 13.2. The van der Waals surface area contributed by atoms with E-state index in [4.69, 9.17) is 9.47 Å². The molecule has 3 aliphatic heterocycles. The standard InChI is InChI=1S/C25H27N3O4/c1-15(29)16-3-5-20-19(13-16)23(25(30)27-20)24(26-18-7-9-28(2)10-8-18)17-4-6-21-22(14-17)32-12-11-31-21/h3-6,13-14,18,26H,7-12H2,1-2H3,(H,27,30)/b24-23-. The average molecular weight is 434 g/mol. The van der Waals surface area contributed by atoms with Crippen molar-refractivity contribution in [2.24, 2.45) is 0 Å². The van der Waals surface area contributed by atoms with Crippen molar-refractivity contribution in [2.75, 3.05) is 38.7 Å². The fourth-order valence-corrected chi connectivity index (χ4v) is 4.49. The van der Waals surface area contributed by atoms with Crippen LogP contribution in [0.5, 0.6) is 11.5 Å². The van der Waals surface area contributed by atoms with E-state index < -0.39 is 0 Å². The number of rotatable bonds is 4. The van der Waals surface area contributed by atoms with Crippen LogP contribution in [0.4, 0.5) is 5.69 Å². The van der Waals surface area contributed by atoms with Crippen molar-refractivity contribution >= 4 is 28.6 Å². The third-order valence-corrected chi connectivity index (χ3v) is 6.32. The maximum atomic E-state index is 13.2. The zero-order valence-electron chi connectivity index (χ0n) is 18.4. The molecule has 32 heavy (non-hydrogen) atoms. The molecule has 0 radical (unpaired) electrons. The molecule has 1 fully saturated rings. The van der Waals surface area contributed by atoms with Crippen molar-refractivity contribution in [3.8, 4) is 11.5 Å². The van der Waals surface area contributed by atoms with E-state index in [0.717, 1.165) is 48.4 Å². The molecule has 1 amide bonds. The number of piperidine rings is 1. The van der Waals surface area contributed by atoms with Crippen molar-refractivity contribution in [1.82, 2.24) is 10.2 Å². The summed E-state index contributed by atoms with van der Waals surface area (Å²) in [4.78, 5) is 27.5. The number of anilines is 1. The second-order valence-electron chi connectivity index (χ2n) is 8.60. The highest BCUT2D eigenvalue weighted by molar-refractivity contribution is 6.36. The first kappa shape index (κ1) is 20.6. The van der Waals surface area contributed by atoms with Gasteiger partial charge in [-0.05, 0) is 76.3 Å². The minimum Gasteiger partial charge on any atom is -0.486 e. The lowest BCUT2D eigenvalue weighted by molar-refractivity contribution is -0.110. The van der Waals surface area contributed by atoms with E-state index in [1.807, 2.05) is 18.2 Å². The molecular formula is C25H27N3O4. The van der Waals surface area contributed by atoms with Gasteiger partial charge in [0.2, 0.25) is 0 Å². The number of hydrogen-bond acceptors (Lipinski definition) is 6. The molecule has 166 valence electrons. The minimum atomic E-state index is -0.175. The number of carbonyl (C=O) groups is 2. The van der Waals surface area contributed by atoms with Crippen LogP contribution in [0.1, 0.15) is 41.3 Å². The van der Waals surface area contributed by atoms with Crippen LogP contribution in [-0.2, 0) is 4.79 Å². The van der Waals surface area contributed by atoms with Crippen LogP contribution in [0.15, 0.2) is 36.4 Å². The van der Waals surface area contributed by atoms with Gasteiger partial charge in [-0.1, -0.05) is 0 Å². The van der Waals surface area contributed by atoms with Crippen LogP contribution in [0, 0.1) is 0 Å². The Bertz CT molecular complexity index is 1120. The zero-order valence-corrected chi connectivity index (χ0v) is 18.4. The summed E-state index contributed by atoms with van der Waals surface area (Å²) in [5.41, 5.74) is 4.22. The molecule has 7 nitrogen and oxygen atoms in total. The summed E-state index contributed by atoms with van der Waals surface area (Å²) in [7, 11) is 2.13. The van der Waals surface area contributed by atoms with Gasteiger partial charge in [0, 0.05) is 28.4 Å². The van der Waals surface area contributed by atoms with E-state index in [2.05, 4.69) is 22.6 Å². The highest BCUT2D eigenvalue weighted by Crippen LogP contribution is 2.39. The van der Waals surface area contributed by atoms with Gasteiger partial charge in [-0.25, -0.2) is 0 Å². The monoisotopic (exact) mass is 433 g/mol. The lowest BCUT2D eigenvalue weighted by Gasteiger charge is -2.31. The van der Waals surface area contributed by atoms with Crippen molar-refractivity contribution in [3.63, 3.8) is 0 Å². The molecule has 2 aromatic carbocycles. The largest absolute Gasteiger partial charge is 0.486 e. The predicted molar refractivity (Wildman–Crippen MR) is 123 cm³/mol. The molecule has 2 N–H and O–H groups in total. The second-order valence-corrected chi connectivity index (χ2v) is 8.60. The van der Waals surface area contributed by atoms with Gasteiger partial charge in [-0.2, -0.15) is 0 Å². The van der Waals surface area contributed by atoms with E-state index in [1.165, 1.54) is 6.92 Å². The van der Waals surface area contributed by atoms with Crippen molar-refractivity contribution < 1.29 is 19.1 Å². The van der Waals surface area contributed by atoms with E-state index in [-0.39, 0.29) is 17.7 Å². The van der Waals surface area contributed by atoms with E-state index >= 15 is 0 Å². The molecule has 0 atom stereocenters. The SMILES string of the molecule is CC(=O)c1ccc2c(c1)/C(=C(/NC1CCN(C)CC1)c1ccc3c(c1)OCCO3)C(=O)N2. The first-order valence-corrected chi connectivity index (χ1v) is 11.1. The fourth-order valence-electron chi connectivity index (χ4n) is 4.49. The number of nitrogens with zero attached hydrogens (tertiary/aromatic N) is 1. The van der Waals surface area contributed by atoms with E-state index in [0.29, 0.717) is 35.8 Å². The Morgan fingerprint density at radius 3 is 2.50 bits per heavy atom. The molecule has 3 heterocycles. The second kappa shape index (κ2) is 8.31. The van der Waals surface area contributed by atoms with Crippen molar-refractivity contribution in [2.45, 2.75) is 25.8 Å². The summed E-state index contributed by atoms with van der Waals surface area (Å²) in [6.07, 6.45) is 1.97. The molecule has 0 spiro atoms. The van der Waals surface area contributed by atoms with Crippen LogP contribution in [0.3, 0.4) is 0 Å². The smallest absolute Gasteiger partial charge is 0.258 e. The van der Waals surface area contributed by atoms with Gasteiger partial charge in [0.25, 0.3) is 5.91 Å². The number of hydrogen-bond donors (Lipinski definition) is 2. The summed E-state index contributed by atoms with van der Waals surface area (Å²) in [6, 6.07) is 11.4. The highest BCUT2D eigenvalue weighted by Gasteiger charge is 2.31. The zero-order chi connectivity index (χ0) is 22.2. The van der Waals surface area contributed by atoms with Crippen molar-refractivity contribution in [1.29, 1.82) is 0 Å². The highest BCUT2D eigenvalue weighted by atomic mass is 16.6. The molecule has 5 rings (SSSR count). The third kappa shape index (κ3) is 3.84. The number of nitrogens with one attached hydrogen (secondary N) is 2. The van der Waals surface area contributed by atoms with Gasteiger partial charge >= 0.3 is 0 Å². The van der Waals surface area contributed by atoms with Crippen LogP contribution >= 0.6 is 0 Å². The lowest BCUT2D eigenvalue weighted by Crippen LogP contribution is -2.40. The molecule has 0 aromatic heterocycles. The Morgan fingerprint density at radius 2 is 1.75 bits per heavy atom. The van der Waals surface area contributed by atoms with Crippen LogP contribution in [0.25, 0.3) is 11.3 Å². The molecule has 2 aromatic rings. The van der Waals surface area contributed by atoms with Gasteiger partial charge in [0.15, 0.2) is 17.3 Å². The van der Waals surface area contributed by atoms with Crippen LogP contribution in [0.2, 0.25) is 0 Å². The van der Waals surface area contributed by atoms with Gasteiger partial charge in [0.05, 0.1) is 11.3 Å². The average Bonchev–Trinajstić information content (AvgIpc) is 3.13. The number of Topliss-reactive ketones (excluding diaryl/α,β-unsaturated/α-hetero) is 1. The normalized spacial score (nSPS) is 19.9. The summed E-state index contributed by atoms with van der Waals surface area (Å²) in [6.45, 7) is 4.55. The third-order valence-electron chi connectivity index (χ3n) is 6.32. The molecule has 7 heteroatoms. The summed E-state index contributed by atoms with van der Waals surface area (Å²) in [5, 5.41) is 6.63. The Kier molecular flexibility index (Phi) is 5.35. The summed E-state index contributed by atoms with van der Waals surface area (Å²) < 4.78 is 11.5. The van der Waals surface area contributed by atoms with Gasteiger partial charge < -0.3 is 25.0 Å². The van der Waals surface area contributed by atoms with Crippen LogP contribution < -0.4 is 20.1 Å². The minimum absolute atomic E-state index is 0.0318. The van der Waals surface area contributed by atoms with Crippen molar-refractivity contribution in [3.05, 3.63) is 53.1 Å². The Morgan fingerprint density at radius 1 is 1.03 bits per heavy atom. The van der Waals surface area contributed by atoms with Gasteiger partial charge in [-0.3, -0.25) is 9.59 Å². The molecule has 3 aliphatic rings. The molecule has 0 saturated carbocycles. The lowest BCUT2D eigenvalue weighted by atomic mass is 9.96. The molecule has 0 aliphatic carbocycles. The van der Waals surface area contributed by atoms with Gasteiger partial charge in [0.1, 0.15) is 13.2 Å². The first-order chi connectivity index (χ1) is 15.5. The number of carbonyl (C=O) groups excluding carboxylic acids is 2. The maximum Gasteiger partial charge on any atom is 0.258 e. The van der Waals surface area contributed by atoms with E-state index in [1.54, 1.807) is 18.2 Å². The number of ether oxygens (including phenoxy) is 2.